The summed E-state index contributed by atoms with van der Waals surface area (Å²) in [6.07, 6.45) is 0.808. The number of rotatable bonds is 5. The van der Waals surface area contributed by atoms with Gasteiger partial charge in [0.05, 0.1) is 10.5 Å². The summed E-state index contributed by atoms with van der Waals surface area (Å²) in [4.78, 5) is 10.8. The van der Waals surface area contributed by atoms with Gasteiger partial charge in [-0.3, -0.25) is 4.72 Å². The maximum Gasteiger partial charge on any atom is 0.335 e. The average Bonchev–Trinajstić information content (AvgIpc) is 2.47. The molecule has 2 aromatic rings. The third-order valence-corrected chi connectivity index (χ3v) is 4.40. The van der Waals surface area contributed by atoms with Crippen LogP contribution in [0.4, 0.5) is 5.69 Å². The summed E-state index contributed by atoms with van der Waals surface area (Å²) in [6.45, 7) is 1.98. The highest BCUT2D eigenvalue weighted by atomic mass is 32.2. The van der Waals surface area contributed by atoms with Gasteiger partial charge in [0.1, 0.15) is 0 Å². The van der Waals surface area contributed by atoms with Gasteiger partial charge in [-0.25, -0.2) is 13.2 Å². The summed E-state index contributed by atoms with van der Waals surface area (Å²) >= 11 is 0. The van der Waals surface area contributed by atoms with Gasteiger partial charge in [0.25, 0.3) is 10.0 Å². The standard InChI is InChI=1S/C15H15NO4S/c1-2-11-4-3-5-13(10-11)16-21(19,20)14-8-6-12(7-9-14)15(17)18/h3-10,16H,2H2,1H3,(H,17,18). The van der Waals surface area contributed by atoms with Crippen LogP contribution in [0.25, 0.3) is 0 Å². The van der Waals surface area contributed by atoms with Crippen molar-refractivity contribution in [3.8, 4) is 0 Å². The van der Waals surface area contributed by atoms with Gasteiger partial charge in [0, 0.05) is 5.69 Å². The Morgan fingerprint density at radius 2 is 1.81 bits per heavy atom. The molecule has 0 bridgehead atoms. The number of carbonyl (C=O) groups is 1. The number of benzene rings is 2. The molecule has 21 heavy (non-hydrogen) atoms. The zero-order valence-electron chi connectivity index (χ0n) is 11.4. The molecule has 2 rings (SSSR count). The lowest BCUT2D eigenvalue weighted by Gasteiger charge is -2.09. The molecule has 5 nitrogen and oxygen atoms in total. The molecular weight excluding hydrogens is 290 g/mol. The normalized spacial score (nSPS) is 11.1. The Balaban J connectivity index is 2.27. The molecule has 0 saturated carbocycles. The summed E-state index contributed by atoms with van der Waals surface area (Å²) in [5.74, 6) is -1.09. The minimum absolute atomic E-state index is 0.0226. The second kappa shape index (κ2) is 5.97. The van der Waals surface area contributed by atoms with Gasteiger partial charge in [-0.1, -0.05) is 19.1 Å². The van der Waals surface area contributed by atoms with Gasteiger partial charge < -0.3 is 5.11 Å². The van der Waals surface area contributed by atoms with Crippen molar-refractivity contribution in [3.63, 3.8) is 0 Å². The Bertz CT molecular complexity index is 751. The molecule has 0 aliphatic rings. The zero-order valence-corrected chi connectivity index (χ0v) is 12.2. The predicted octanol–water partition coefficient (Wildman–Crippen LogP) is 2.75. The van der Waals surface area contributed by atoms with Crippen molar-refractivity contribution in [2.24, 2.45) is 0 Å². The molecule has 0 spiro atoms. The maximum absolute atomic E-state index is 12.2. The molecular formula is C15H15NO4S. The van der Waals surface area contributed by atoms with Crippen LogP contribution in [0.3, 0.4) is 0 Å². The van der Waals surface area contributed by atoms with Crippen LogP contribution in [0.2, 0.25) is 0 Å². The van der Waals surface area contributed by atoms with Crippen LogP contribution in [0.15, 0.2) is 53.4 Å². The first-order valence-electron chi connectivity index (χ1n) is 6.37. The van der Waals surface area contributed by atoms with Crippen LogP contribution in [0, 0.1) is 0 Å². The van der Waals surface area contributed by atoms with Crippen molar-refractivity contribution in [1.82, 2.24) is 0 Å². The summed E-state index contributed by atoms with van der Waals surface area (Å²) < 4.78 is 26.9. The Morgan fingerprint density at radius 1 is 1.14 bits per heavy atom. The third kappa shape index (κ3) is 3.61. The quantitative estimate of drug-likeness (QED) is 0.889. The van der Waals surface area contributed by atoms with Crippen LogP contribution < -0.4 is 4.72 Å². The Hall–Kier alpha value is -2.34. The number of anilines is 1. The van der Waals surface area contributed by atoms with E-state index in [4.69, 9.17) is 5.11 Å². The van der Waals surface area contributed by atoms with Crippen molar-refractivity contribution in [2.45, 2.75) is 18.2 Å². The number of nitrogens with one attached hydrogen (secondary N) is 1. The fraction of sp³-hybridized carbons (Fsp3) is 0.133. The molecule has 0 aliphatic heterocycles. The van der Waals surface area contributed by atoms with Gasteiger partial charge in [0.15, 0.2) is 0 Å². The van der Waals surface area contributed by atoms with Crippen LogP contribution >= 0.6 is 0 Å². The predicted molar refractivity (Wildman–Crippen MR) is 80.0 cm³/mol. The van der Waals surface area contributed by atoms with E-state index >= 15 is 0 Å². The Labute approximate surface area is 123 Å². The fourth-order valence-electron chi connectivity index (χ4n) is 1.85. The molecule has 2 N–H and O–H groups in total. The minimum atomic E-state index is -3.72. The first-order valence-corrected chi connectivity index (χ1v) is 7.86. The zero-order chi connectivity index (χ0) is 15.5. The molecule has 0 saturated heterocycles. The molecule has 2 aromatic carbocycles. The van der Waals surface area contributed by atoms with Gasteiger partial charge in [-0.15, -0.1) is 0 Å². The maximum atomic E-state index is 12.2. The average molecular weight is 305 g/mol. The van der Waals surface area contributed by atoms with E-state index in [1.807, 2.05) is 13.0 Å². The van der Waals surface area contributed by atoms with Gasteiger partial charge in [0.2, 0.25) is 0 Å². The van der Waals surface area contributed by atoms with Gasteiger partial charge >= 0.3 is 5.97 Å². The molecule has 0 amide bonds. The monoisotopic (exact) mass is 305 g/mol. The van der Waals surface area contributed by atoms with Crippen molar-refractivity contribution in [1.29, 1.82) is 0 Å². The summed E-state index contributed by atoms with van der Waals surface area (Å²) in [5, 5.41) is 8.81. The number of aryl methyl sites for hydroxylation is 1. The van der Waals surface area contributed by atoms with E-state index in [2.05, 4.69) is 4.72 Å². The highest BCUT2D eigenvalue weighted by molar-refractivity contribution is 7.92. The molecule has 110 valence electrons. The van der Waals surface area contributed by atoms with E-state index in [0.717, 1.165) is 12.0 Å². The lowest BCUT2D eigenvalue weighted by molar-refractivity contribution is 0.0696. The molecule has 0 fully saturated rings. The van der Waals surface area contributed by atoms with Crippen molar-refractivity contribution < 1.29 is 18.3 Å². The van der Waals surface area contributed by atoms with Crippen LogP contribution in [-0.4, -0.2) is 19.5 Å². The van der Waals surface area contributed by atoms with E-state index in [1.54, 1.807) is 18.2 Å². The molecule has 0 unspecified atom stereocenters. The van der Waals surface area contributed by atoms with Crippen molar-refractivity contribution in [3.05, 3.63) is 59.7 Å². The van der Waals surface area contributed by atoms with Crippen LogP contribution in [-0.2, 0) is 16.4 Å². The van der Waals surface area contributed by atoms with E-state index in [0.29, 0.717) is 5.69 Å². The highest BCUT2D eigenvalue weighted by Gasteiger charge is 2.15. The molecule has 0 radical (unpaired) electrons. The number of sulfonamides is 1. The topological polar surface area (TPSA) is 83.5 Å². The first-order chi connectivity index (χ1) is 9.92. The van der Waals surface area contributed by atoms with Gasteiger partial charge in [-0.05, 0) is 48.4 Å². The number of carboxylic acids is 1. The number of hydrogen-bond acceptors (Lipinski definition) is 3. The molecule has 6 heteroatoms. The summed E-state index contributed by atoms with van der Waals surface area (Å²) in [7, 11) is -3.72. The molecule has 0 heterocycles. The lowest BCUT2D eigenvalue weighted by Crippen LogP contribution is -2.13. The summed E-state index contributed by atoms with van der Waals surface area (Å²) in [5.41, 5.74) is 1.55. The van der Waals surface area contributed by atoms with E-state index < -0.39 is 16.0 Å². The van der Waals surface area contributed by atoms with Crippen LogP contribution in [0.5, 0.6) is 0 Å². The molecule has 0 aliphatic carbocycles. The van der Waals surface area contributed by atoms with Crippen molar-refractivity contribution in [2.75, 3.05) is 4.72 Å². The number of aromatic carboxylic acids is 1. The minimum Gasteiger partial charge on any atom is -0.478 e. The van der Waals surface area contributed by atoms with E-state index in [1.165, 1.54) is 24.3 Å². The second-order valence-electron chi connectivity index (χ2n) is 4.49. The Kier molecular flexibility index (Phi) is 4.28. The van der Waals surface area contributed by atoms with E-state index in [-0.39, 0.29) is 10.5 Å². The first kappa shape index (κ1) is 15.1. The highest BCUT2D eigenvalue weighted by Crippen LogP contribution is 2.18. The SMILES string of the molecule is CCc1cccc(NS(=O)(=O)c2ccc(C(=O)O)cc2)c1. The van der Waals surface area contributed by atoms with Crippen LogP contribution in [0.1, 0.15) is 22.8 Å². The lowest BCUT2D eigenvalue weighted by atomic mass is 10.1. The molecule has 0 aromatic heterocycles. The fourth-order valence-corrected chi connectivity index (χ4v) is 2.89. The second-order valence-corrected chi connectivity index (χ2v) is 6.17. The molecule has 0 atom stereocenters. The Morgan fingerprint density at radius 3 is 2.38 bits per heavy atom. The summed E-state index contributed by atoms with van der Waals surface area (Å²) in [6, 6.07) is 12.2. The smallest absolute Gasteiger partial charge is 0.335 e. The van der Waals surface area contributed by atoms with E-state index in [9.17, 15) is 13.2 Å². The van der Waals surface area contributed by atoms with Crippen molar-refractivity contribution >= 4 is 21.7 Å². The van der Waals surface area contributed by atoms with Gasteiger partial charge in [-0.2, -0.15) is 0 Å². The third-order valence-electron chi connectivity index (χ3n) is 3.00. The largest absolute Gasteiger partial charge is 0.478 e. The number of hydrogen-bond donors (Lipinski definition) is 2. The number of carboxylic acid groups (broad SMARTS) is 1.